The van der Waals surface area contributed by atoms with E-state index in [2.05, 4.69) is 6.92 Å². The van der Waals surface area contributed by atoms with Crippen molar-refractivity contribution in [2.24, 2.45) is 11.8 Å². The van der Waals surface area contributed by atoms with Gasteiger partial charge in [0.25, 0.3) is 5.91 Å². The first kappa shape index (κ1) is 17.9. The predicted molar refractivity (Wildman–Crippen MR) is 94.9 cm³/mol. The van der Waals surface area contributed by atoms with E-state index in [-0.39, 0.29) is 22.6 Å². The van der Waals surface area contributed by atoms with Crippen LogP contribution >= 0.6 is 11.3 Å². The van der Waals surface area contributed by atoms with Crippen molar-refractivity contribution in [3.63, 3.8) is 0 Å². The fourth-order valence-electron chi connectivity index (χ4n) is 3.70. The number of carbonyl (C=O) groups excluding carboxylic acids is 2. The number of nitrogens with zero attached hydrogens (tertiary/aromatic N) is 2. The molecule has 7 heteroatoms. The molecule has 2 amide bonds. The van der Waals surface area contributed by atoms with Crippen molar-refractivity contribution >= 4 is 29.1 Å². The van der Waals surface area contributed by atoms with Crippen LogP contribution in [-0.4, -0.2) is 58.9 Å². The number of hydrogen-bond acceptors (Lipinski definition) is 4. The zero-order valence-corrected chi connectivity index (χ0v) is 15.3. The fourth-order valence-corrected chi connectivity index (χ4v) is 4.51. The molecule has 0 aliphatic carbocycles. The van der Waals surface area contributed by atoms with E-state index in [0.717, 1.165) is 30.8 Å². The smallest absolute Gasteiger partial charge is 0.345 e. The minimum atomic E-state index is -1.01. The van der Waals surface area contributed by atoms with Crippen molar-refractivity contribution in [1.29, 1.82) is 0 Å². The standard InChI is InChI=1S/C18H24N2O4S/c1-12-3-2-8-20(11-12)16(21)13-6-9-19(10-7-13)17(22)14-4-5-15(25-14)18(23)24/h4-5,12-13H,2-3,6-11H2,1H3,(H,23,24). The molecule has 0 bridgehead atoms. The molecule has 136 valence electrons. The van der Waals surface area contributed by atoms with E-state index in [1.165, 1.54) is 12.5 Å². The third kappa shape index (κ3) is 4.03. The average molecular weight is 364 g/mol. The highest BCUT2D eigenvalue weighted by atomic mass is 32.1. The van der Waals surface area contributed by atoms with E-state index in [1.807, 2.05) is 4.90 Å². The predicted octanol–water partition coefficient (Wildman–Crippen LogP) is 2.56. The SMILES string of the molecule is CC1CCCN(C(=O)C2CCN(C(=O)c3ccc(C(=O)O)s3)CC2)C1. The van der Waals surface area contributed by atoms with Gasteiger partial charge in [-0.15, -0.1) is 11.3 Å². The molecule has 0 spiro atoms. The quantitative estimate of drug-likeness (QED) is 0.894. The molecule has 6 nitrogen and oxygen atoms in total. The van der Waals surface area contributed by atoms with Crippen LogP contribution in [-0.2, 0) is 4.79 Å². The van der Waals surface area contributed by atoms with Crippen molar-refractivity contribution in [1.82, 2.24) is 9.80 Å². The molecule has 2 aliphatic heterocycles. The second-order valence-corrected chi connectivity index (χ2v) is 8.15. The van der Waals surface area contributed by atoms with Gasteiger partial charge < -0.3 is 14.9 Å². The van der Waals surface area contributed by atoms with Crippen molar-refractivity contribution < 1.29 is 19.5 Å². The van der Waals surface area contributed by atoms with Gasteiger partial charge in [0.05, 0.1) is 4.88 Å². The van der Waals surface area contributed by atoms with Crippen molar-refractivity contribution in [2.45, 2.75) is 32.6 Å². The number of carbonyl (C=O) groups is 3. The molecule has 3 rings (SSSR count). The Morgan fingerprint density at radius 1 is 1.04 bits per heavy atom. The third-order valence-electron chi connectivity index (χ3n) is 5.13. The fraction of sp³-hybridized carbons (Fsp3) is 0.611. The first-order valence-corrected chi connectivity index (χ1v) is 9.68. The summed E-state index contributed by atoms with van der Waals surface area (Å²) in [6.07, 6.45) is 3.64. The van der Waals surface area contributed by atoms with Crippen LogP contribution in [0.5, 0.6) is 0 Å². The zero-order chi connectivity index (χ0) is 18.0. The Labute approximate surface area is 151 Å². The minimum Gasteiger partial charge on any atom is -0.477 e. The molecule has 0 radical (unpaired) electrons. The number of carboxylic acid groups (broad SMARTS) is 1. The summed E-state index contributed by atoms with van der Waals surface area (Å²) in [5.74, 6) is -0.323. The molecule has 1 N–H and O–H groups in total. The van der Waals surface area contributed by atoms with Gasteiger partial charge in [-0.2, -0.15) is 0 Å². The Kier molecular flexibility index (Phi) is 5.42. The molecule has 1 atom stereocenters. The second kappa shape index (κ2) is 7.56. The van der Waals surface area contributed by atoms with Gasteiger partial charge >= 0.3 is 5.97 Å². The normalized spacial score (nSPS) is 22.0. The molecule has 0 saturated carbocycles. The summed E-state index contributed by atoms with van der Waals surface area (Å²) in [7, 11) is 0. The maximum Gasteiger partial charge on any atom is 0.345 e. The molecular weight excluding hydrogens is 340 g/mol. The Hall–Kier alpha value is -1.89. The van der Waals surface area contributed by atoms with E-state index in [1.54, 1.807) is 11.0 Å². The molecule has 3 heterocycles. The molecule has 2 aliphatic rings. The highest BCUT2D eigenvalue weighted by Crippen LogP contribution is 2.26. The van der Waals surface area contributed by atoms with Gasteiger partial charge in [-0.05, 0) is 43.7 Å². The lowest BCUT2D eigenvalue weighted by molar-refractivity contribution is -0.138. The molecular formula is C18H24N2O4S. The lowest BCUT2D eigenvalue weighted by Gasteiger charge is -2.37. The van der Waals surface area contributed by atoms with E-state index in [4.69, 9.17) is 5.11 Å². The molecule has 1 unspecified atom stereocenters. The van der Waals surface area contributed by atoms with Crippen LogP contribution in [0.4, 0.5) is 0 Å². The maximum atomic E-state index is 12.7. The van der Waals surface area contributed by atoms with Gasteiger partial charge in [0, 0.05) is 32.1 Å². The highest BCUT2D eigenvalue weighted by molar-refractivity contribution is 7.15. The van der Waals surface area contributed by atoms with Crippen molar-refractivity contribution in [3.05, 3.63) is 21.9 Å². The summed E-state index contributed by atoms with van der Waals surface area (Å²) < 4.78 is 0. The number of piperidine rings is 2. The minimum absolute atomic E-state index is 0.00673. The van der Waals surface area contributed by atoms with Gasteiger partial charge in [-0.3, -0.25) is 9.59 Å². The monoisotopic (exact) mass is 364 g/mol. The molecule has 2 saturated heterocycles. The summed E-state index contributed by atoms with van der Waals surface area (Å²) in [4.78, 5) is 40.5. The Bertz CT molecular complexity index is 664. The molecule has 25 heavy (non-hydrogen) atoms. The number of thiophene rings is 1. The van der Waals surface area contributed by atoms with E-state index < -0.39 is 5.97 Å². The number of hydrogen-bond donors (Lipinski definition) is 1. The lowest BCUT2D eigenvalue weighted by Crippen LogP contribution is -2.46. The summed E-state index contributed by atoms with van der Waals surface area (Å²) >= 11 is 1.01. The van der Waals surface area contributed by atoms with E-state index in [0.29, 0.717) is 36.7 Å². The number of likely N-dealkylation sites (tertiary alicyclic amines) is 2. The van der Waals surface area contributed by atoms with Crippen LogP contribution in [0.3, 0.4) is 0 Å². The van der Waals surface area contributed by atoms with Crippen LogP contribution in [0, 0.1) is 11.8 Å². The van der Waals surface area contributed by atoms with Gasteiger partial charge in [-0.25, -0.2) is 4.79 Å². The van der Waals surface area contributed by atoms with Gasteiger partial charge in [0.15, 0.2) is 0 Å². The van der Waals surface area contributed by atoms with E-state index >= 15 is 0 Å². The molecule has 1 aromatic rings. The first-order chi connectivity index (χ1) is 12.0. The number of rotatable bonds is 3. The Morgan fingerprint density at radius 3 is 2.32 bits per heavy atom. The van der Waals surface area contributed by atoms with Crippen LogP contribution in [0.2, 0.25) is 0 Å². The largest absolute Gasteiger partial charge is 0.477 e. The van der Waals surface area contributed by atoms with Crippen LogP contribution in [0.15, 0.2) is 12.1 Å². The van der Waals surface area contributed by atoms with Gasteiger partial charge in [-0.1, -0.05) is 6.92 Å². The van der Waals surface area contributed by atoms with Crippen LogP contribution < -0.4 is 0 Å². The Morgan fingerprint density at radius 2 is 1.72 bits per heavy atom. The third-order valence-corrected chi connectivity index (χ3v) is 6.19. The molecule has 1 aromatic heterocycles. The summed E-state index contributed by atoms with van der Waals surface area (Å²) in [5, 5.41) is 8.97. The van der Waals surface area contributed by atoms with Crippen molar-refractivity contribution in [3.8, 4) is 0 Å². The lowest BCUT2D eigenvalue weighted by atomic mass is 9.92. The summed E-state index contributed by atoms with van der Waals surface area (Å²) in [5.41, 5.74) is 0. The topological polar surface area (TPSA) is 77.9 Å². The van der Waals surface area contributed by atoms with Crippen LogP contribution in [0.1, 0.15) is 52.0 Å². The van der Waals surface area contributed by atoms with Crippen LogP contribution in [0.25, 0.3) is 0 Å². The molecule has 2 fully saturated rings. The maximum absolute atomic E-state index is 12.7. The first-order valence-electron chi connectivity index (χ1n) is 8.87. The van der Waals surface area contributed by atoms with E-state index in [9.17, 15) is 14.4 Å². The highest BCUT2D eigenvalue weighted by Gasteiger charge is 2.32. The van der Waals surface area contributed by atoms with Crippen molar-refractivity contribution in [2.75, 3.05) is 26.2 Å². The number of amides is 2. The Balaban J connectivity index is 1.55. The number of aromatic carboxylic acids is 1. The average Bonchev–Trinajstić information content (AvgIpc) is 3.11. The molecule has 0 aromatic carbocycles. The summed E-state index contributed by atoms with van der Waals surface area (Å²) in [6.45, 7) is 5.01. The number of carboxylic acids is 1. The second-order valence-electron chi connectivity index (χ2n) is 7.07. The zero-order valence-electron chi connectivity index (χ0n) is 14.4. The van der Waals surface area contributed by atoms with Gasteiger partial charge in [0.1, 0.15) is 4.88 Å². The summed E-state index contributed by atoms with van der Waals surface area (Å²) in [6, 6.07) is 3.04. The van der Waals surface area contributed by atoms with Gasteiger partial charge in [0.2, 0.25) is 5.91 Å².